The normalized spacial score (nSPS) is 11.2. The van der Waals surface area contributed by atoms with Crippen molar-refractivity contribution >= 4 is 24.3 Å². The van der Waals surface area contributed by atoms with Crippen molar-refractivity contribution in [2.45, 2.75) is 277 Å². The molecule has 0 radical (unpaired) electrons. The van der Waals surface area contributed by atoms with E-state index in [2.05, 4.69) is 116 Å². The van der Waals surface area contributed by atoms with E-state index in [1.165, 1.54) is 267 Å². The van der Waals surface area contributed by atoms with E-state index in [4.69, 9.17) is 4.74 Å². The number of aromatic hydroxyl groups is 1. The number of hydrogen-bond acceptors (Lipinski definition) is 2. The Morgan fingerprint density at radius 1 is 0.325 bits per heavy atom. The van der Waals surface area contributed by atoms with Crippen LogP contribution >= 0.6 is 0 Å². The lowest BCUT2D eigenvalue weighted by Gasteiger charge is -2.07. The summed E-state index contributed by atoms with van der Waals surface area (Å²) in [5.41, 5.74) is 4.71. The van der Waals surface area contributed by atoms with Crippen LogP contribution in [0.2, 0.25) is 0 Å². The van der Waals surface area contributed by atoms with Gasteiger partial charge in [0.15, 0.2) is 24.8 Å². The van der Waals surface area contributed by atoms with Gasteiger partial charge >= 0.3 is 0 Å². The molecular formula is C71H114Br2N2O2. The van der Waals surface area contributed by atoms with Gasteiger partial charge in [-0.05, 0) is 59.4 Å². The molecule has 0 amide bonds. The molecule has 0 spiro atoms. The first kappa shape index (κ1) is 71.8. The first-order valence-corrected chi connectivity index (χ1v) is 31.9. The average molecular weight is 1190 g/mol. The quantitative estimate of drug-likeness (QED) is 0.0354. The molecular weight excluding hydrogens is 1070 g/mol. The molecule has 0 aliphatic carbocycles. The van der Waals surface area contributed by atoms with Crippen LogP contribution < -0.4 is 47.8 Å². The van der Waals surface area contributed by atoms with Gasteiger partial charge < -0.3 is 43.8 Å². The standard InChI is InChI=1S/C36H58NO.C35H55NO.2BrH/c1-3-4-5-6-7-8-9-10-11-12-13-14-15-16-17-18-19-20-21-22-33-38-36-27-25-34(26-28-36)23-24-35-29-31-37(2)32-30-35;1-2-3-4-5-6-7-8-9-10-11-12-13-14-15-16-17-18-19-20-21-30-36-31-28-34(29-32-36)23-22-33-24-26-35(37)27-25-33;;/h23-32H,3-22,33H2,1-2H3;22-29,31-32H,2-21,30H2,1H3;2*1H/q+1;;;/p-1/b24-23+;;;. The van der Waals surface area contributed by atoms with Crippen LogP contribution in [0.3, 0.4) is 0 Å². The van der Waals surface area contributed by atoms with Crippen LogP contribution in [0.1, 0.15) is 293 Å². The Kier molecular flexibility index (Phi) is 49.8. The number of aryl methyl sites for hydroxylation is 2. The number of aromatic nitrogens is 2. The highest BCUT2D eigenvalue weighted by Gasteiger charge is 2.02. The molecule has 0 fully saturated rings. The smallest absolute Gasteiger partial charge is 0.169 e. The van der Waals surface area contributed by atoms with Gasteiger partial charge in [0.05, 0.1) is 6.61 Å². The van der Waals surface area contributed by atoms with Gasteiger partial charge in [-0.3, -0.25) is 0 Å². The van der Waals surface area contributed by atoms with Gasteiger partial charge in [-0.1, -0.05) is 300 Å². The number of unbranched alkanes of at least 4 members (excludes halogenated alkanes) is 38. The fourth-order valence-corrected chi connectivity index (χ4v) is 10.1. The minimum absolute atomic E-state index is 0. The van der Waals surface area contributed by atoms with Crippen molar-refractivity contribution in [1.82, 2.24) is 0 Å². The zero-order chi connectivity index (χ0) is 53.2. The minimum Gasteiger partial charge on any atom is -1.00 e. The Labute approximate surface area is 496 Å². The summed E-state index contributed by atoms with van der Waals surface area (Å²) in [5, 5.41) is 9.37. The molecule has 77 heavy (non-hydrogen) atoms. The number of halogens is 2. The second-order valence-corrected chi connectivity index (χ2v) is 22.3. The largest absolute Gasteiger partial charge is 1.00 e. The average Bonchev–Trinajstić information content (AvgIpc) is 3.43. The molecule has 0 saturated carbocycles. The molecule has 6 heteroatoms. The number of rotatable bonds is 47. The molecule has 0 bridgehead atoms. The molecule has 2 heterocycles. The maximum Gasteiger partial charge on any atom is 0.169 e. The summed E-state index contributed by atoms with van der Waals surface area (Å²) in [6.07, 6.45) is 74.0. The summed E-state index contributed by atoms with van der Waals surface area (Å²) in [7, 11) is 2.04. The van der Waals surface area contributed by atoms with Crippen LogP contribution in [0, 0.1) is 0 Å². The predicted octanol–water partition coefficient (Wildman–Crippen LogP) is 15.6. The zero-order valence-corrected chi connectivity index (χ0v) is 52.9. The molecule has 2 aromatic carbocycles. The predicted molar refractivity (Wildman–Crippen MR) is 328 cm³/mol. The third-order valence-electron chi connectivity index (χ3n) is 15.2. The number of ether oxygens (including phenoxy) is 1. The SMILES string of the molecule is CCCCCCCCCCCCCCCCCCCCCCOc1ccc(/C=C/c2cc[n+](C)cc2)cc1.CCCCCCCCCCCCCCCCCCCCCC[n+]1ccc(/C=C/c2ccc(O)cc2)cc1.[Br-].[Br-]. The maximum atomic E-state index is 9.37. The highest BCUT2D eigenvalue weighted by molar-refractivity contribution is 5.70. The fourth-order valence-electron chi connectivity index (χ4n) is 10.1. The van der Waals surface area contributed by atoms with E-state index in [-0.39, 0.29) is 34.0 Å². The molecule has 4 rings (SSSR count). The van der Waals surface area contributed by atoms with Gasteiger partial charge in [0.1, 0.15) is 25.1 Å². The van der Waals surface area contributed by atoms with Crippen LogP contribution in [0.5, 0.6) is 11.5 Å². The Morgan fingerprint density at radius 2 is 0.584 bits per heavy atom. The van der Waals surface area contributed by atoms with Crippen LogP contribution in [-0.4, -0.2) is 11.7 Å². The van der Waals surface area contributed by atoms with Crippen LogP contribution in [-0.2, 0) is 13.6 Å². The summed E-state index contributed by atoms with van der Waals surface area (Å²) in [6, 6.07) is 24.3. The van der Waals surface area contributed by atoms with Gasteiger partial charge in [0.25, 0.3) is 0 Å². The number of pyridine rings is 2. The van der Waals surface area contributed by atoms with Gasteiger partial charge in [-0.2, -0.15) is 0 Å². The molecule has 0 unspecified atom stereocenters. The first-order valence-electron chi connectivity index (χ1n) is 31.9. The third-order valence-corrected chi connectivity index (χ3v) is 15.2. The molecule has 0 aliphatic heterocycles. The topological polar surface area (TPSA) is 37.2 Å². The fraction of sp³-hybridized carbons (Fsp3) is 0.634. The number of nitrogens with zero attached hydrogens (tertiary/aromatic N) is 2. The highest BCUT2D eigenvalue weighted by Crippen LogP contribution is 2.19. The van der Waals surface area contributed by atoms with E-state index in [0.29, 0.717) is 5.75 Å². The molecule has 1 N–H and O–H groups in total. The lowest BCUT2D eigenvalue weighted by atomic mass is 10.0. The Hall–Kier alpha value is -3.22. The Balaban J connectivity index is 0.000000751. The molecule has 2 aromatic heterocycles. The summed E-state index contributed by atoms with van der Waals surface area (Å²) in [4.78, 5) is 0. The maximum absolute atomic E-state index is 9.37. The molecule has 0 atom stereocenters. The second-order valence-electron chi connectivity index (χ2n) is 22.3. The third kappa shape index (κ3) is 43.3. The van der Waals surface area contributed by atoms with Crippen LogP contribution in [0.4, 0.5) is 0 Å². The summed E-state index contributed by atoms with van der Waals surface area (Å²) in [6.45, 7) is 6.54. The van der Waals surface area contributed by atoms with Crippen molar-refractivity contribution in [3.8, 4) is 11.5 Å². The van der Waals surface area contributed by atoms with Crippen molar-refractivity contribution in [3.63, 3.8) is 0 Å². The van der Waals surface area contributed by atoms with Crippen molar-refractivity contribution < 1.29 is 52.9 Å². The molecule has 434 valence electrons. The Bertz CT molecular complexity index is 1890. The number of phenolic OH excluding ortho intramolecular Hbond substituents is 1. The number of hydrogen-bond donors (Lipinski definition) is 1. The van der Waals surface area contributed by atoms with Gasteiger partial charge in [0.2, 0.25) is 0 Å². The lowest BCUT2D eigenvalue weighted by Crippen LogP contribution is -3.00. The van der Waals surface area contributed by atoms with E-state index in [1.54, 1.807) is 12.1 Å². The van der Waals surface area contributed by atoms with Gasteiger partial charge in [0, 0.05) is 30.7 Å². The van der Waals surface area contributed by atoms with Crippen molar-refractivity contribution in [1.29, 1.82) is 0 Å². The molecule has 0 aliphatic rings. The van der Waals surface area contributed by atoms with Crippen LogP contribution in [0.25, 0.3) is 24.3 Å². The van der Waals surface area contributed by atoms with E-state index < -0.39 is 0 Å². The van der Waals surface area contributed by atoms with Gasteiger partial charge in [-0.15, -0.1) is 0 Å². The second kappa shape index (κ2) is 53.4. The molecule has 4 aromatic rings. The summed E-state index contributed by atoms with van der Waals surface area (Å²) in [5.74, 6) is 1.29. The van der Waals surface area contributed by atoms with Gasteiger partial charge in [-0.25, -0.2) is 9.13 Å². The van der Waals surface area contributed by atoms with E-state index >= 15 is 0 Å². The highest BCUT2D eigenvalue weighted by atomic mass is 79.9. The molecule has 4 nitrogen and oxygen atoms in total. The summed E-state index contributed by atoms with van der Waals surface area (Å²) >= 11 is 0. The van der Waals surface area contributed by atoms with E-state index in [0.717, 1.165) is 30.9 Å². The monoisotopic (exact) mass is 1180 g/mol. The van der Waals surface area contributed by atoms with E-state index in [1.807, 2.05) is 23.7 Å². The number of phenols is 1. The van der Waals surface area contributed by atoms with Crippen molar-refractivity contribution in [3.05, 3.63) is 120 Å². The zero-order valence-electron chi connectivity index (χ0n) is 49.8. The van der Waals surface area contributed by atoms with E-state index in [9.17, 15) is 5.11 Å². The summed E-state index contributed by atoms with van der Waals surface area (Å²) < 4.78 is 10.3. The minimum atomic E-state index is 0. The number of benzene rings is 2. The lowest BCUT2D eigenvalue weighted by molar-refractivity contribution is -0.697. The van der Waals surface area contributed by atoms with Crippen molar-refractivity contribution in [2.24, 2.45) is 7.05 Å². The molecule has 0 saturated heterocycles. The van der Waals surface area contributed by atoms with Crippen LogP contribution in [0.15, 0.2) is 97.6 Å². The Morgan fingerprint density at radius 3 is 0.909 bits per heavy atom. The first-order chi connectivity index (χ1) is 37.1. The van der Waals surface area contributed by atoms with Crippen molar-refractivity contribution in [2.75, 3.05) is 6.61 Å².